The van der Waals surface area contributed by atoms with Crippen molar-refractivity contribution < 1.29 is 4.79 Å². The first-order chi connectivity index (χ1) is 8.63. The van der Waals surface area contributed by atoms with Crippen LogP contribution in [0.15, 0.2) is 30.6 Å². The number of imidazole rings is 1. The van der Waals surface area contributed by atoms with Crippen molar-refractivity contribution in [2.24, 2.45) is 0 Å². The molecular weight excluding hydrogens is 228 g/mol. The molecule has 0 unspecified atom stereocenters. The molecule has 1 amide bonds. The second-order valence-corrected chi connectivity index (χ2v) is 3.98. The number of aryl methyl sites for hydroxylation is 1. The van der Waals surface area contributed by atoms with E-state index in [9.17, 15) is 4.79 Å². The fourth-order valence-electron chi connectivity index (χ4n) is 1.79. The standard InChI is InChI=1S/C13H16N4O/c1-3-15-13(18)10-4-5-11(14)12(8-10)17-7-6-16-9(17)2/h4-8H,3,14H2,1-2H3,(H,15,18). The van der Waals surface area contributed by atoms with Crippen molar-refractivity contribution in [1.82, 2.24) is 14.9 Å². The third-order valence-electron chi connectivity index (χ3n) is 2.72. The molecule has 1 heterocycles. The quantitative estimate of drug-likeness (QED) is 0.804. The Bertz CT molecular complexity index is 574. The molecule has 3 N–H and O–H groups in total. The molecule has 0 saturated heterocycles. The zero-order chi connectivity index (χ0) is 13.1. The number of rotatable bonds is 3. The van der Waals surface area contributed by atoms with Crippen molar-refractivity contribution in [2.45, 2.75) is 13.8 Å². The number of hydrogen-bond donors (Lipinski definition) is 2. The first-order valence-electron chi connectivity index (χ1n) is 5.81. The number of carbonyl (C=O) groups excluding carboxylic acids is 1. The Morgan fingerprint density at radius 1 is 1.50 bits per heavy atom. The van der Waals surface area contributed by atoms with Crippen molar-refractivity contribution in [1.29, 1.82) is 0 Å². The summed E-state index contributed by atoms with van der Waals surface area (Å²) in [6.45, 7) is 4.37. The third kappa shape index (κ3) is 2.20. The van der Waals surface area contributed by atoms with Crippen LogP contribution in [0.25, 0.3) is 5.69 Å². The molecule has 0 spiro atoms. The van der Waals surface area contributed by atoms with Gasteiger partial charge in [-0.1, -0.05) is 0 Å². The number of nitrogens with zero attached hydrogens (tertiary/aromatic N) is 2. The Morgan fingerprint density at radius 3 is 2.89 bits per heavy atom. The van der Waals surface area contributed by atoms with Gasteiger partial charge in [-0.3, -0.25) is 4.79 Å². The lowest BCUT2D eigenvalue weighted by molar-refractivity contribution is 0.0956. The van der Waals surface area contributed by atoms with Crippen LogP contribution < -0.4 is 11.1 Å². The molecule has 1 aromatic carbocycles. The second-order valence-electron chi connectivity index (χ2n) is 3.98. The van der Waals surface area contributed by atoms with Crippen molar-refractivity contribution in [3.8, 4) is 5.69 Å². The summed E-state index contributed by atoms with van der Waals surface area (Å²) in [4.78, 5) is 15.9. The van der Waals surface area contributed by atoms with Crippen molar-refractivity contribution in [3.05, 3.63) is 42.0 Å². The molecular formula is C13H16N4O. The number of nitrogens with one attached hydrogen (secondary N) is 1. The molecule has 0 saturated carbocycles. The maximum Gasteiger partial charge on any atom is 0.251 e. The number of carbonyl (C=O) groups is 1. The van der Waals surface area contributed by atoms with Gasteiger partial charge in [0.1, 0.15) is 5.82 Å². The maximum absolute atomic E-state index is 11.8. The van der Waals surface area contributed by atoms with E-state index in [1.807, 2.05) is 24.6 Å². The van der Waals surface area contributed by atoms with Crippen LogP contribution in [0, 0.1) is 6.92 Å². The van der Waals surface area contributed by atoms with E-state index in [1.54, 1.807) is 24.4 Å². The summed E-state index contributed by atoms with van der Waals surface area (Å²) in [5.74, 6) is 0.728. The van der Waals surface area contributed by atoms with Crippen LogP contribution in [-0.4, -0.2) is 22.0 Å². The molecule has 0 radical (unpaired) electrons. The zero-order valence-electron chi connectivity index (χ0n) is 10.5. The van der Waals surface area contributed by atoms with Crippen molar-refractivity contribution in [3.63, 3.8) is 0 Å². The number of anilines is 1. The molecule has 5 heteroatoms. The van der Waals surface area contributed by atoms with Gasteiger partial charge in [0.15, 0.2) is 0 Å². The van der Waals surface area contributed by atoms with E-state index in [0.29, 0.717) is 17.8 Å². The lowest BCUT2D eigenvalue weighted by Crippen LogP contribution is -2.22. The lowest BCUT2D eigenvalue weighted by Gasteiger charge is -2.10. The minimum absolute atomic E-state index is 0.100. The van der Waals surface area contributed by atoms with E-state index in [2.05, 4.69) is 10.3 Å². The molecule has 2 aromatic rings. The average Bonchev–Trinajstić information content (AvgIpc) is 2.76. The number of amides is 1. The Labute approximate surface area is 106 Å². The molecule has 94 valence electrons. The van der Waals surface area contributed by atoms with Crippen LogP contribution in [0.3, 0.4) is 0 Å². The van der Waals surface area contributed by atoms with E-state index < -0.39 is 0 Å². The summed E-state index contributed by atoms with van der Waals surface area (Å²) in [5.41, 5.74) is 7.92. The molecule has 0 atom stereocenters. The predicted octanol–water partition coefficient (Wildman–Crippen LogP) is 1.51. The number of benzene rings is 1. The van der Waals surface area contributed by atoms with Gasteiger partial charge in [-0.05, 0) is 32.0 Å². The topological polar surface area (TPSA) is 72.9 Å². The van der Waals surface area contributed by atoms with Crippen LogP contribution in [0.5, 0.6) is 0 Å². The van der Waals surface area contributed by atoms with Crippen molar-refractivity contribution >= 4 is 11.6 Å². The van der Waals surface area contributed by atoms with E-state index in [-0.39, 0.29) is 5.91 Å². The second kappa shape index (κ2) is 4.91. The Balaban J connectivity index is 2.45. The first-order valence-corrected chi connectivity index (χ1v) is 5.81. The third-order valence-corrected chi connectivity index (χ3v) is 2.72. The monoisotopic (exact) mass is 244 g/mol. The van der Waals surface area contributed by atoms with Gasteiger partial charge >= 0.3 is 0 Å². The molecule has 1 aromatic heterocycles. The molecule has 0 aliphatic heterocycles. The molecule has 0 aliphatic carbocycles. The number of nitrogens with two attached hydrogens (primary N) is 1. The van der Waals surface area contributed by atoms with E-state index in [4.69, 9.17) is 5.73 Å². The van der Waals surface area contributed by atoms with E-state index in [0.717, 1.165) is 11.5 Å². The molecule has 0 aliphatic rings. The summed E-state index contributed by atoms with van der Waals surface area (Å²) in [7, 11) is 0. The van der Waals surface area contributed by atoms with Gasteiger partial charge in [-0.2, -0.15) is 0 Å². The highest BCUT2D eigenvalue weighted by molar-refractivity contribution is 5.95. The van der Waals surface area contributed by atoms with Crippen molar-refractivity contribution in [2.75, 3.05) is 12.3 Å². The van der Waals surface area contributed by atoms with Crippen LogP contribution in [0.4, 0.5) is 5.69 Å². The minimum atomic E-state index is -0.100. The SMILES string of the molecule is CCNC(=O)c1ccc(N)c(-n2ccnc2C)c1. The molecule has 0 bridgehead atoms. The Morgan fingerprint density at radius 2 is 2.28 bits per heavy atom. The van der Waals surface area contributed by atoms with Gasteiger partial charge in [0.2, 0.25) is 0 Å². The summed E-state index contributed by atoms with van der Waals surface area (Å²) in [6.07, 6.45) is 3.52. The van der Waals surface area contributed by atoms with Gasteiger partial charge in [0.25, 0.3) is 5.91 Å². The zero-order valence-corrected chi connectivity index (χ0v) is 10.5. The normalized spacial score (nSPS) is 10.3. The Hall–Kier alpha value is -2.30. The molecule has 2 rings (SSSR count). The van der Waals surface area contributed by atoms with Gasteiger partial charge in [0, 0.05) is 24.5 Å². The summed E-state index contributed by atoms with van der Waals surface area (Å²) in [5, 5.41) is 2.76. The van der Waals surface area contributed by atoms with Gasteiger partial charge < -0.3 is 15.6 Å². The van der Waals surface area contributed by atoms with Crippen LogP contribution in [0.2, 0.25) is 0 Å². The number of hydrogen-bond acceptors (Lipinski definition) is 3. The maximum atomic E-state index is 11.8. The fraction of sp³-hybridized carbons (Fsp3) is 0.231. The molecule has 5 nitrogen and oxygen atoms in total. The van der Waals surface area contributed by atoms with Gasteiger partial charge in [0.05, 0.1) is 11.4 Å². The molecule has 0 fully saturated rings. The first kappa shape index (κ1) is 12.2. The summed E-state index contributed by atoms with van der Waals surface area (Å²) < 4.78 is 1.86. The Kier molecular flexibility index (Phi) is 3.32. The predicted molar refractivity (Wildman–Crippen MR) is 70.7 cm³/mol. The van der Waals surface area contributed by atoms with Gasteiger partial charge in [-0.25, -0.2) is 4.98 Å². The smallest absolute Gasteiger partial charge is 0.251 e. The lowest BCUT2D eigenvalue weighted by atomic mass is 10.1. The highest BCUT2D eigenvalue weighted by Gasteiger charge is 2.10. The average molecular weight is 244 g/mol. The van der Waals surface area contributed by atoms with Crippen LogP contribution in [0.1, 0.15) is 23.1 Å². The molecule has 18 heavy (non-hydrogen) atoms. The van der Waals surface area contributed by atoms with Crippen LogP contribution in [-0.2, 0) is 0 Å². The van der Waals surface area contributed by atoms with E-state index in [1.165, 1.54) is 0 Å². The summed E-state index contributed by atoms with van der Waals surface area (Å²) in [6, 6.07) is 5.23. The summed E-state index contributed by atoms with van der Waals surface area (Å²) >= 11 is 0. The number of aromatic nitrogens is 2. The largest absolute Gasteiger partial charge is 0.397 e. The highest BCUT2D eigenvalue weighted by Crippen LogP contribution is 2.20. The van der Waals surface area contributed by atoms with E-state index >= 15 is 0 Å². The minimum Gasteiger partial charge on any atom is -0.397 e. The highest BCUT2D eigenvalue weighted by atomic mass is 16.1. The van der Waals surface area contributed by atoms with Crippen LogP contribution >= 0.6 is 0 Å². The fourth-order valence-corrected chi connectivity index (χ4v) is 1.79. The van der Waals surface area contributed by atoms with Gasteiger partial charge in [-0.15, -0.1) is 0 Å². The number of nitrogen functional groups attached to an aromatic ring is 1.